The normalized spacial score (nSPS) is 11.7. The third-order valence-corrected chi connectivity index (χ3v) is 5.24. The van der Waals surface area contributed by atoms with E-state index in [1.54, 1.807) is 36.6 Å². The van der Waals surface area contributed by atoms with E-state index in [0.29, 0.717) is 29.7 Å². The fraction of sp³-hybridized carbons (Fsp3) is 0.154. The van der Waals surface area contributed by atoms with E-state index in [2.05, 4.69) is 22.8 Å². The first-order valence-corrected chi connectivity index (χ1v) is 10.3. The summed E-state index contributed by atoms with van der Waals surface area (Å²) in [5, 5.41) is 6.82. The maximum Gasteiger partial charge on any atom is 0.252 e. The van der Waals surface area contributed by atoms with Gasteiger partial charge >= 0.3 is 0 Å². The van der Waals surface area contributed by atoms with Crippen LogP contribution in [0.25, 0.3) is 11.0 Å². The molecule has 0 aliphatic carbocycles. The number of rotatable bonds is 8. The highest BCUT2D eigenvalue weighted by molar-refractivity contribution is 6.05. The summed E-state index contributed by atoms with van der Waals surface area (Å²) < 4.78 is 5.39. The average Bonchev–Trinajstić information content (AvgIpc) is 3.31. The summed E-state index contributed by atoms with van der Waals surface area (Å²) in [5.74, 6) is -0.337. The molecular weight excluding hydrogens is 388 g/mol. The molecule has 0 bridgehead atoms. The molecule has 31 heavy (non-hydrogen) atoms. The van der Waals surface area contributed by atoms with Gasteiger partial charge in [0.2, 0.25) is 0 Å². The van der Waals surface area contributed by atoms with Crippen LogP contribution in [0, 0.1) is 0 Å². The van der Waals surface area contributed by atoms with Gasteiger partial charge in [-0.3, -0.25) is 9.59 Å². The van der Waals surface area contributed by atoms with E-state index >= 15 is 0 Å². The van der Waals surface area contributed by atoms with Gasteiger partial charge in [0.1, 0.15) is 5.58 Å². The van der Waals surface area contributed by atoms with Crippen LogP contribution in [0.15, 0.2) is 95.6 Å². The number of carbonyl (C=O) groups excluding carboxylic acids is 2. The number of nitrogens with one attached hydrogen (secondary N) is 2. The molecule has 0 saturated carbocycles. The van der Waals surface area contributed by atoms with Gasteiger partial charge in [-0.25, -0.2) is 0 Å². The smallest absolute Gasteiger partial charge is 0.252 e. The largest absolute Gasteiger partial charge is 0.464 e. The fourth-order valence-corrected chi connectivity index (χ4v) is 3.57. The number of hydrogen-bond acceptors (Lipinski definition) is 3. The Bertz CT molecular complexity index is 1150. The second-order valence-electron chi connectivity index (χ2n) is 7.41. The van der Waals surface area contributed by atoms with Crippen LogP contribution < -0.4 is 10.6 Å². The molecule has 156 valence electrons. The van der Waals surface area contributed by atoms with Gasteiger partial charge < -0.3 is 15.1 Å². The van der Waals surface area contributed by atoms with E-state index in [0.717, 1.165) is 11.8 Å². The standard InChI is InChI=1S/C26H24N2O3/c29-25(20-10-5-2-6-11-20)28-21(15-14-19-8-3-1-4-9-19)18-27-26(30)23-12-7-13-24-22(23)16-17-31-24/h1-13,16-17,21H,14-15,18H2,(H,27,30)(H,28,29)/t21-/m1/s1. The molecule has 4 rings (SSSR count). The van der Waals surface area contributed by atoms with Crippen molar-refractivity contribution in [1.82, 2.24) is 10.6 Å². The van der Waals surface area contributed by atoms with E-state index in [1.165, 1.54) is 5.56 Å². The number of furan rings is 1. The molecule has 1 atom stereocenters. The van der Waals surface area contributed by atoms with Crippen molar-refractivity contribution in [3.8, 4) is 0 Å². The molecule has 4 aromatic rings. The Labute approximate surface area is 181 Å². The summed E-state index contributed by atoms with van der Waals surface area (Å²) in [5.41, 5.74) is 3.02. The minimum Gasteiger partial charge on any atom is -0.464 e. The number of carbonyl (C=O) groups is 2. The highest BCUT2D eigenvalue weighted by Gasteiger charge is 2.17. The molecule has 3 aromatic carbocycles. The molecule has 0 fully saturated rings. The van der Waals surface area contributed by atoms with Crippen LogP contribution in [0.5, 0.6) is 0 Å². The van der Waals surface area contributed by atoms with Crippen LogP contribution >= 0.6 is 0 Å². The van der Waals surface area contributed by atoms with Crippen LogP contribution in [-0.4, -0.2) is 24.4 Å². The topological polar surface area (TPSA) is 71.3 Å². The van der Waals surface area contributed by atoms with Crippen LogP contribution in [0.2, 0.25) is 0 Å². The maximum atomic E-state index is 12.8. The third-order valence-electron chi connectivity index (χ3n) is 5.24. The molecule has 0 radical (unpaired) electrons. The predicted octanol–water partition coefficient (Wildman–Crippen LogP) is 4.59. The monoisotopic (exact) mass is 412 g/mol. The van der Waals surface area contributed by atoms with Gasteiger partial charge in [0.15, 0.2) is 0 Å². The molecule has 2 N–H and O–H groups in total. The van der Waals surface area contributed by atoms with Gasteiger partial charge in [0, 0.05) is 23.5 Å². The van der Waals surface area contributed by atoms with Crippen LogP contribution in [0.3, 0.4) is 0 Å². The van der Waals surface area contributed by atoms with Crippen LogP contribution in [0.1, 0.15) is 32.7 Å². The van der Waals surface area contributed by atoms with E-state index < -0.39 is 0 Å². The number of amides is 2. The molecule has 5 heteroatoms. The second-order valence-corrected chi connectivity index (χ2v) is 7.41. The van der Waals surface area contributed by atoms with Crippen molar-refractivity contribution in [2.24, 2.45) is 0 Å². The average molecular weight is 412 g/mol. The van der Waals surface area contributed by atoms with Gasteiger partial charge in [0.05, 0.1) is 11.8 Å². The molecule has 0 aliphatic heterocycles. The molecule has 0 unspecified atom stereocenters. The van der Waals surface area contributed by atoms with Crippen molar-refractivity contribution >= 4 is 22.8 Å². The SMILES string of the molecule is O=C(N[C@H](CCc1ccccc1)CNC(=O)c1cccc2occc12)c1ccccc1. The third kappa shape index (κ3) is 5.20. The lowest BCUT2D eigenvalue weighted by atomic mass is 10.0. The minimum absolute atomic E-state index is 0.148. The van der Waals surface area contributed by atoms with Gasteiger partial charge in [-0.2, -0.15) is 0 Å². The summed E-state index contributed by atoms with van der Waals surface area (Å²) >= 11 is 0. The molecule has 0 spiro atoms. The van der Waals surface area contributed by atoms with Crippen LogP contribution in [0.4, 0.5) is 0 Å². The molecular formula is C26H24N2O3. The zero-order chi connectivity index (χ0) is 21.5. The molecule has 1 heterocycles. The predicted molar refractivity (Wildman–Crippen MR) is 121 cm³/mol. The molecule has 0 aliphatic rings. The number of benzene rings is 3. The van der Waals surface area contributed by atoms with Gasteiger partial charge in [-0.1, -0.05) is 54.6 Å². The molecule has 0 saturated heterocycles. The van der Waals surface area contributed by atoms with Crippen molar-refractivity contribution in [1.29, 1.82) is 0 Å². The summed E-state index contributed by atoms with van der Waals surface area (Å²) in [4.78, 5) is 25.5. The minimum atomic E-state index is -0.208. The fourth-order valence-electron chi connectivity index (χ4n) is 3.57. The van der Waals surface area contributed by atoms with Crippen molar-refractivity contribution in [3.63, 3.8) is 0 Å². The van der Waals surface area contributed by atoms with E-state index in [9.17, 15) is 9.59 Å². The highest BCUT2D eigenvalue weighted by Crippen LogP contribution is 2.19. The summed E-state index contributed by atoms with van der Waals surface area (Å²) in [6, 6.07) is 26.2. The van der Waals surface area contributed by atoms with Crippen molar-refractivity contribution < 1.29 is 14.0 Å². The summed E-state index contributed by atoms with van der Waals surface area (Å²) in [7, 11) is 0. The van der Waals surface area contributed by atoms with Gasteiger partial charge in [-0.15, -0.1) is 0 Å². The van der Waals surface area contributed by atoms with Crippen LogP contribution in [-0.2, 0) is 6.42 Å². The Hall–Kier alpha value is -3.86. The second kappa shape index (κ2) is 9.76. The molecule has 5 nitrogen and oxygen atoms in total. The quantitative estimate of drug-likeness (QED) is 0.445. The van der Waals surface area contributed by atoms with E-state index in [-0.39, 0.29) is 17.9 Å². The van der Waals surface area contributed by atoms with E-state index in [1.807, 2.05) is 42.5 Å². The van der Waals surface area contributed by atoms with Gasteiger partial charge in [-0.05, 0) is 48.7 Å². The first-order chi connectivity index (χ1) is 15.2. The van der Waals surface area contributed by atoms with Crippen molar-refractivity contribution in [3.05, 3.63) is 108 Å². The zero-order valence-electron chi connectivity index (χ0n) is 17.1. The molecule has 1 aromatic heterocycles. The Balaban J connectivity index is 1.44. The lowest BCUT2D eigenvalue weighted by Gasteiger charge is -2.20. The first kappa shape index (κ1) is 20.4. The van der Waals surface area contributed by atoms with E-state index in [4.69, 9.17) is 4.42 Å². The lowest BCUT2D eigenvalue weighted by molar-refractivity contribution is 0.0907. The Kier molecular flexibility index (Phi) is 6.43. The number of hydrogen-bond donors (Lipinski definition) is 2. The maximum absolute atomic E-state index is 12.8. The summed E-state index contributed by atoms with van der Waals surface area (Å²) in [6.45, 7) is 0.332. The van der Waals surface area contributed by atoms with Crippen molar-refractivity contribution in [2.75, 3.05) is 6.54 Å². The Morgan fingerprint density at radius 2 is 1.55 bits per heavy atom. The number of aryl methyl sites for hydroxylation is 1. The first-order valence-electron chi connectivity index (χ1n) is 10.3. The Morgan fingerprint density at radius 1 is 0.806 bits per heavy atom. The number of fused-ring (bicyclic) bond motifs is 1. The molecule has 2 amide bonds. The van der Waals surface area contributed by atoms with Gasteiger partial charge in [0.25, 0.3) is 11.8 Å². The summed E-state index contributed by atoms with van der Waals surface area (Å²) in [6.07, 6.45) is 3.08. The zero-order valence-corrected chi connectivity index (χ0v) is 17.1. The Morgan fingerprint density at radius 3 is 2.32 bits per heavy atom. The van der Waals surface area contributed by atoms with Crippen molar-refractivity contribution in [2.45, 2.75) is 18.9 Å². The highest BCUT2D eigenvalue weighted by atomic mass is 16.3. The lowest BCUT2D eigenvalue weighted by Crippen LogP contribution is -2.44.